The van der Waals surface area contributed by atoms with Crippen LogP contribution >= 0.6 is 0 Å². The van der Waals surface area contributed by atoms with Gasteiger partial charge in [-0.3, -0.25) is 4.99 Å². The second kappa shape index (κ2) is 3.90. The van der Waals surface area contributed by atoms with Crippen LogP contribution in [0.15, 0.2) is 29.3 Å². The summed E-state index contributed by atoms with van der Waals surface area (Å²) in [6.07, 6.45) is 1.81. The highest BCUT2D eigenvalue weighted by Gasteiger charge is 1.89. The van der Waals surface area contributed by atoms with E-state index in [4.69, 9.17) is 5.11 Å². The lowest BCUT2D eigenvalue weighted by molar-refractivity contribution is 0.475. The van der Waals surface area contributed by atoms with Gasteiger partial charge in [-0.2, -0.15) is 0 Å². The molecule has 0 radical (unpaired) electrons. The van der Waals surface area contributed by atoms with Crippen LogP contribution in [0.25, 0.3) is 0 Å². The summed E-state index contributed by atoms with van der Waals surface area (Å²) in [5, 5.41) is 8.99. The van der Waals surface area contributed by atoms with E-state index in [1.54, 1.807) is 12.1 Å². The van der Waals surface area contributed by atoms with E-state index < -0.39 is 0 Å². The number of nitrogens with zero attached hydrogens (tertiary/aromatic N) is 1. The van der Waals surface area contributed by atoms with Gasteiger partial charge in [-0.25, -0.2) is 0 Å². The Morgan fingerprint density at radius 3 is 2.33 bits per heavy atom. The van der Waals surface area contributed by atoms with Gasteiger partial charge in [0, 0.05) is 12.3 Å². The summed E-state index contributed by atoms with van der Waals surface area (Å²) in [7, 11) is 0. The molecule has 0 aliphatic rings. The van der Waals surface area contributed by atoms with Gasteiger partial charge in [-0.15, -0.1) is 0 Å². The maximum absolute atomic E-state index is 8.99. The molecule has 0 saturated heterocycles. The zero-order chi connectivity index (χ0) is 8.97. The predicted octanol–water partition coefficient (Wildman–Crippen LogP) is 2.22. The van der Waals surface area contributed by atoms with E-state index in [1.165, 1.54) is 0 Å². The van der Waals surface area contributed by atoms with Crippen molar-refractivity contribution in [3.63, 3.8) is 0 Å². The molecule has 0 heterocycles. The fourth-order valence-electron chi connectivity index (χ4n) is 0.796. The minimum atomic E-state index is 0.289. The van der Waals surface area contributed by atoms with Gasteiger partial charge >= 0.3 is 0 Å². The van der Waals surface area contributed by atoms with Crippen LogP contribution in [0.1, 0.15) is 19.4 Å². The minimum absolute atomic E-state index is 0.289. The third-order valence-electron chi connectivity index (χ3n) is 1.41. The Hall–Kier alpha value is -1.31. The Balaban J connectivity index is 2.71. The monoisotopic (exact) mass is 163 g/mol. The molecule has 1 aromatic carbocycles. The summed E-state index contributed by atoms with van der Waals surface area (Å²) in [4.78, 5) is 4.22. The average molecular weight is 163 g/mol. The summed E-state index contributed by atoms with van der Waals surface area (Å²) < 4.78 is 0. The highest BCUT2D eigenvalue weighted by molar-refractivity contribution is 5.79. The minimum Gasteiger partial charge on any atom is -0.508 e. The van der Waals surface area contributed by atoms with Gasteiger partial charge in [0.25, 0.3) is 0 Å². The maximum Gasteiger partial charge on any atom is 0.115 e. The van der Waals surface area contributed by atoms with Crippen LogP contribution < -0.4 is 0 Å². The zero-order valence-electron chi connectivity index (χ0n) is 7.36. The van der Waals surface area contributed by atoms with Crippen LogP contribution in [0.4, 0.5) is 0 Å². The Morgan fingerprint density at radius 2 is 1.83 bits per heavy atom. The number of phenols is 1. The lowest BCUT2D eigenvalue weighted by Gasteiger charge is -1.95. The van der Waals surface area contributed by atoms with Crippen molar-refractivity contribution in [2.45, 2.75) is 19.9 Å². The second-order valence-corrected chi connectivity index (χ2v) is 2.96. The number of benzene rings is 1. The van der Waals surface area contributed by atoms with Gasteiger partial charge in [-0.05, 0) is 43.7 Å². The Morgan fingerprint density at radius 1 is 1.25 bits per heavy atom. The number of phenolic OH excluding ortho intramolecular Hbond substituents is 1. The molecular formula is C10H13NO. The molecule has 0 saturated carbocycles. The Kier molecular flexibility index (Phi) is 2.86. The zero-order valence-corrected chi connectivity index (χ0v) is 7.36. The van der Waals surface area contributed by atoms with Crippen molar-refractivity contribution < 1.29 is 5.11 Å². The van der Waals surface area contributed by atoms with Crippen LogP contribution in [0.3, 0.4) is 0 Å². The van der Waals surface area contributed by atoms with Gasteiger partial charge < -0.3 is 5.11 Å². The Bertz CT molecular complexity index is 262. The second-order valence-electron chi connectivity index (χ2n) is 2.96. The molecule has 0 unspecified atom stereocenters. The smallest absolute Gasteiger partial charge is 0.115 e. The molecule has 1 aromatic rings. The molecule has 0 amide bonds. The number of hydrogen-bond acceptors (Lipinski definition) is 2. The Labute approximate surface area is 72.6 Å². The first-order chi connectivity index (χ1) is 5.68. The maximum atomic E-state index is 8.99. The summed E-state index contributed by atoms with van der Waals surface area (Å²) in [6, 6.07) is 7.30. The summed E-state index contributed by atoms with van der Waals surface area (Å²) in [6.45, 7) is 4.05. The molecule has 0 aliphatic heterocycles. The molecule has 1 rings (SSSR count). The number of aromatic hydroxyl groups is 1. The van der Waals surface area contributed by atoms with Crippen LogP contribution in [-0.2, 0) is 0 Å². The van der Waals surface area contributed by atoms with Crippen molar-refractivity contribution in [2.24, 2.45) is 4.99 Å². The van der Waals surface area contributed by atoms with Crippen LogP contribution in [0.2, 0.25) is 0 Å². The first-order valence-corrected chi connectivity index (χ1v) is 4.00. The van der Waals surface area contributed by atoms with Crippen molar-refractivity contribution in [3.8, 4) is 5.75 Å². The summed E-state index contributed by atoms with van der Waals surface area (Å²) in [5.41, 5.74) is 1.02. The summed E-state index contributed by atoms with van der Waals surface area (Å²) in [5.74, 6) is 0.289. The van der Waals surface area contributed by atoms with Crippen molar-refractivity contribution in [3.05, 3.63) is 29.8 Å². The third-order valence-corrected chi connectivity index (χ3v) is 1.41. The van der Waals surface area contributed by atoms with Crippen molar-refractivity contribution >= 4 is 6.21 Å². The third kappa shape index (κ3) is 2.74. The quantitative estimate of drug-likeness (QED) is 0.666. The number of aliphatic imine (C=N–C) groups is 1. The molecule has 1 N–H and O–H groups in total. The van der Waals surface area contributed by atoms with Crippen molar-refractivity contribution in [2.75, 3.05) is 0 Å². The first kappa shape index (κ1) is 8.78. The van der Waals surface area contributed by atoms with E-state index in [2.05, 4.69) is 4.99 Å². The molecule has 0 aliphatic carbocycles. The molecule has 0 spiro atoms. The molecule has 12 heavy (non-hydrogen) atoms. The van der Waals surface area contributed by atoms with Gasteiger partial charge in [0.1, 0.15) is 5.75 Å². The van der Waals surface area contributed by atoms with Gasteiger partial charge in [0.05, 0.1) is 0 Å². The van der Waals surface area contributed by atoms with Crippen molar-refractivity contribution in [1.82, 2.24) is 0 Å². The number of hydrogen-bond donors (Lipinski definition) is 1. The van der Waals surface area contributed by atoms with E-state index in [1.807, 2.05) is 32.2 Å². The van der Waals surface area contributed by atoms with E-state index in [9.17, 15) is 0 Å². The fraction of sp³-hybridized carbons (Fsp3) is 0.300. The van der Waals surface area contributed by atoms with Crippen LogP contribution in [0.5, 0.6) is 5.75 Å². The molecule has 0 aromatic heterocycles. The molecule has 0 atom stereocenters. The van der Waals surface area contributed by atoms with E-state index in [0.717, 1.165) is 5.56 Å². The lowest BCUT2D eigenvalue weighted by Crippen LogP contribution is -1.89. The summed E-state index contributed by atoms with van der Waals surface area (Å²) >= 11 is 0. The van der Waals surface area contributed by atoms with Crippen LogP contribution in [-0.4, -0.2) is 17.4 Å². The highest BCUT2D eigenvalue weighted by atomic mass is 16.3. The van der Waals surface area contributed by atoms with Crippen molar-refractivity contribution in [1.29, 1.82) is 0 Å². The normalized spacial score (nSPS) is 11.2. The van der Waals surface area contributed by atoms with Gasteiger partial charge in [0.15, 0.2) is 0 Å². The average Bonchev–Trinajstić information content (AvgIpc) is 2.03. The highest BCUT2D eigenvalue weighted by Crippen LogP contribution is 2.07. The molecule has 0 bridgehead atoms. The van der Waals surface area contributed by atoms with E-state index in [-0.39, 0.29) is 5.75 Å². The standard InChI is InChI=1S/C10H13NO/c1-8(2)11-7-9-3-5-10(12)6-4-9/h3-8,12H,1-2H3/b11-7+. The fourth-order valence-corrected chi connectivity index (χ4v) is 0.796. The molecule has 2 nitrogen and oxygen atoms in total. The van der Waals surface area contributed by atoms with Gasteiger partial charge in [-0.1, -0.05) is 0 Å². The molecule has 2 heteroatoms. The predicted molar refractivity (Wildman–Crippen MR) is 50.8 cm³/mol. The topological polar surface area (TPSA) is 32.6 Å². The molecule has 64 valence electrons. The van der Waals surface area contributed by atoms with E-state index >= 15 is 0 Å². The van der Waals surface area contributed by atoms with Gasteiger partial charge in [0.2, 0.25) is 0 Å². The first-order valence-electron chi connectivity index (χ1n) is 4.00. The SMILES string of the molecule is CC(C)/N=C/c1ccc(O)cc1. The number of rotatable bonds is 2. The molecule has 0 fully saturated rings. The lowest BCUT2D eigenvalue weighted by atomic mass is 10.2. The van der Waals surface area contributed by atoms with Crippen LogP contribution in [0, 0.1) is 0 Å². The van der Waals surface area contributed by atoms with E-state index in [0.29, 0.717) is 6.04 Å². The largest absolute Gasteiger partial charge is 0.508 e. The molecular weight excluding hydrogens is 150 g/mol.